The molecule has 17 N–H and O–H groups in total. The van der Waals surface area contributed by atoms with Gasteiger partial charge < -0.3 is 88.4 Å². The number of rotatable bonds is 15. The average Bonchev–Trinajstić information content (AvgIpc) is 0.763. The molecule has 29 heteroatoms. The fraction of sp³-hybridized carbons (Fsp3) is 0.451. The quantitative estimate of drug-likeness (QED) is 0.0485. The molecule has 9 aliphatic rings. The number of aliphatic hydroxyl groups is 2. The fourth-order valence-electron chi connectivity index (χ4n) is 14.9. The monoisotopic (exact) mass is 1420 g/mol. The van der Waals surface area contributed by atoms with Crippen molar-refractivity contribution in [3.05, 3.63) is 117 Å². The molecule has 532 valence electrons. The third-order valence-corrected chi connectivity index (χ3v) is 20.2. The van der Waals surface area contributed by atoms with Crippen molar-refractivity contribution in [1.82, 2.24) is 47.9 Å². The van der Waals surface area contributed by atoms with E-state index in [1.807, 2.05) is 0 Å². The highest BCUT2D eigenvalue weighted by atomic mass is 35.5. The molecular formula is C71H82Cl2N10O17. The minimum Gasteiger partial charge on any atom is -0.508 e. The summed E-state index contributed by atoms with van der Waals surface area (Å²) in [7, 11) is 0. The first-order valence-corrected chi connectivity index (χ1v) is 34.5. The lowest BCUT2D eigenvalue weighted by Gasteiger charge is -2.54. The number of phenols is 4. The molecule has 14 rings (SSSR count). The summed E-state index contributed by atoms with van der Waals surface area (Å²) >= 11 is 13.8. The van der Waals surface area contributed by atoms with Gasteiger partial charge in [-0.05, 0) is 157 Å². The van der Waals surface area contributed by atoms with E-state index in [9.17, 15) is 49.8 Å². The highest BCUT2D eigenvalue weighted by Crippen LogP contribution is 2.54. The second kappa shape index (κ2) is 30.6. The minimum absolute atomic E-state index is 0.110. The van der Waals surface area contributed by atoms with Crippen molar-refractivity contribution >= 4 is 76.5 Å². The lowest BCUT2D eigenvalue weighted by atomic mass is 9.54. The number of hydrogen-bond donors (Lipinski definition) is 16. The lowest BCUT2D eigenvalue weighted by molar-refractivity contribution is -0.138. The van der Waals surface area contributed by atoms with Crippen LogP contribution in [0.3, 0.4) is 0 Å². The molecule has 4 saturated carbocycles. The number of hydrogen-bond acceptors (Lipinski definition) is 18. The molecule has 5 aromatic carbocycles. The first-order valence-electron chi connectivity index (χ1n) is 33.7. The lowest BCUT2D eigenvalue weighted by Crippen LogP contribution is -2.59. The number of aromatic hydroxyl groups is 4. The summed E-state index contributed by atoms with van der Waals surface area (Å²) in [6.07, 6.45) is 4.84. The van der Waals surface area contributed by atoms with Crippen molar-refractivity contribution in [1.29, 1.82) is 0 Å². The SMILES string of the molecule is CCCCCCCCNC(=O)NC(=O)C[C@@H]1NC(=O)[C@H](NC(=O)[C@H](N)CC(C)C)[C@H](O)c2ccc(c(Cl)c2)Oc2cc3cc(c2O)Oc2ccc(cc2Cl)[C@@H](O)[C@@H]2NC(=O)[C@H](NC(=O)[C@@H]3NC1=O)c1ccc(O)c(c1)-c1c(O)cc(O)cc1[C@@H](C(=O)NC1C3CC4CC(C3)CC1C4)NC2=O. The number of carbonyl (C=O) groups is 9. The Labute approximate surface area is 585 Å². The largest absolute Gasteiger partial charge is 0.508 e. The number of aliphatic hydroxyl groups excluding tert-OH is 2. The van der Waals surface area contributed by atoms with Gasteiger partial charge in [0.1, 0.15) is 77.2 Å². The van der Waals surface area contributed by atoms with Gasteiger partial charge in [-0.25, -0.2) is 4.79 Å². The Morgan fingerprint density at radius 3 is 1.83 bits per heavy atom. The number of benzene rings is 5. The van der Waals surface area contributed by atoms with Gasteiger partial charge in [0.25, 0.3) is 0 Å². The van der Waals surface area contributed by atoms with Crippen LogP contribution in [0.1, 0.15) is 162 Å². The van der Waals surface area contributed by atoms with Gasteiger partial charge in [-0.15, -0.1) is 0 Å². The molecule has 100 heavy (non-hydrogen) atoms. The third-order valence-electron chi connectivity index (χ3n) is 19.6. The van der Waals surface area contributed by atoms with Crippen molar-refractivity contribution in [3.63, 3.8) is 0 Å². The molecule has 5 aromatic rings. The van der Waals surface area contributed by atoms with E-state index in [-0.39, 0.29) is 97.2 Å². The van der Waals surface area contributed by atoms with Gasteiger partial charge in [0.05, 0.1) is 22.5 Å². The van der Waals surface area contributed by atoms with Crippen LogP contribution in [-0.2, 0) is 38.4 Å². The van der Waals surface area contributed by atoms with Crippen LogP contribution in [0.25, 0.3) is 11.1 Å². The Hall–Kier alpha value is -9.41. The van der Waals surface area contributed by atoms with Crippen LogP contribution >= 0.6 is 23.2 Å². The van der Waals surface area contributed by atoms with Crippen LogP contribution < -0.4 is 63.1 Å². The van der Waals surface area contributed by atoms with E-state index in [0.29, 0.717) is 18.3 Å². The maximum absolute atomic E-state index is 15.9. The molecule has 15 bridgehead atoms. The molecule has 0 aromatic heterocycles. The highest BCUT2D eigenvalue weighted by Gasteiger charge is 2.50. The Bertz CT molecular complexity index is 4020. The average molecular weight is 1420 g/mol. The zero-order valence-corrected chi connectivity index (χ0v) is 56.6. The third kappa shape index (κ3) is 15.9. The summed E-state index contributed by atoms with van der Waals surface area (Å²) < 4.78 is 12.5. The van der Waals surface area contributed by atoms with Crippen molar-refractivity contribution in [2.45, 2.75) is 165 Å². The number of amides is 10. The summed E-state index contributed by atoms with van der Waals surface area (Å²) in [6.45, 7) is 5.82. The number of halogens is 2. The molecule has 10 amide bonds. The Morgan fingerprint density at radius 1 is 0.610 bits per heavy atom. The van der Waals surface area contributed by atoms with Crippen LogP contribution in [0.2, 0.25) is 10.0 Å². The van der Waals surface area contributed by atoms with Gasteiger partial charge in [-0.3, -0.25) is 43.7 Å². The van der Waals surface area contributed by atoms with Gasteiger partial charge >= 0.3 is 6.03 Å². The van der Waals surface area contributed by atoms with Gasteiger partial charge in [0, 0.05) is 29.8 Å². The maximum atomic E-state index is 15.9. The summed E-state index contributed by atoms with van der Waals surface area (Å²) in [5.74, 6) is -12.6. The zero-order valence-electron chi connectivity index (χ0n) is 55.1. The molecule has 4 aliphatic carbocycles. The summed E-state index contributed by atoms with van der Waals surface area (Å²) in [5, 5.41) is 94.4. The molecule has 5 heterocycles. The van der Waals surface area contributed by atoms with Crippen molar-refractivity contribution in [2.75, 3.05) is 6.54 Å². The van der Waals surface area contributed by atoms with Gasteiger partial charge in [-0.2, -0.15) is 0 Å². The summed E-state index contributed by atoms with van der Waals surface area (Å²) in [5.41, 5.74) is 4.56. The molecule has 0 unspecified atom stereocenters. The molecule has 27 nitrogen and oxygen atoms in total. The number of nitrogens with one attached hydrogen (secondary N) is 9. The van der Waals surface area contributed by atoms with Crippen LogP contribution in [0.5, 0.6) is 46.0 Å². The van der Waals surface area contributed by atoms with Gasteiger partial charge in [-0.1, -0.05) is 94.3 Å². The molecule has 4 fully saturated rings. The van der Waals surface area contributed by atoms with Gasteiger partial charge in [0.2, 0.25) is 53.0 Å². The Morgan fingerprint density at radius 2 is 1.20 bits per heavy atom. The predicted octanol–water partition coefficient (Wildman–Crippen LogP) is 6.69. The van der Waals surface area contributed by atoms with E-state index in [4.69, 9.17) is 38.4 Å². The van der Waals surface area contributed by atoms with E-state index in [1.54, 1.807) is 13.8 Å². The molecular weight excluding hydrogens is 1340 g/mol. The van der Waals surface area contributed by atoms with Crippen molar-refractivity contribution < 1.29 is 83.3 Å². The Balaban J connectivity index is 1.05. The van der Waals surface area contributed by atoms with E-state index in [0.717, 1.165) is 94.5 Å². The topological polar surface area (TPSA) is 428 Å². The number of ether oxygens (including phenoxy) is 2. The van der Waals surface area contributed by atoms with E-state index in [1.165, 1.54) is 48.5 Å². The number of carbonyl (C=O) groups excluding carboxylic acids is 9. The normalized spacial score (nSPS) is 25.7. The molecule has 0 radical (unpaired) electrons. The molecule has 0 saturated heterocycles. The van der Waals surface area contributed by atoms with Crippen molar-refractivity contribution in [2.24, 2.45) is 35.3 Å². The fourth-order valence-corrected chi connectivity index (χ4v) is 15.3. The number of nitrogens with two attached hydrogens (primary N) is 1. The minimum atomic E-state index is -2.22. The van der Waals surface area contributed by atoms with Crippen molar-refractivity contribution in [3.8, 4) is 57.1 Å². The smallest absolute Gasteiger partial charge is 0.321 e. The number of phenolic OH excluding ortho intramolecular Hbond substituents is 4. The first kappa shape index (κ1) is 71.9. The van der Waals surface area contributed by atoms with E-state index in [2.05, 4.69) is 54.8 Å². The maximum Gasteiger partial charge on any atom is 0.321 e. The first-order chi connectivity index (χ1) is 47.7. The van der Waals surface area contributed by atoms with Crippen LogP contribution in [-0.4, -0.2) is 121 Å². The van der Waals surface area contributed by atoms with Crippen LogP contribution in [0, 0.1) is 29.6 Å². The van der Waals surface area contributed by atoms with Crippen LogP contribution in [0.15, 0.2) is 78.9 Å². The highest BCUT2D eigenvalue weighted by molar-refractivity contribution is 6.32. The summed E-state index contributed by atoms with van der Waals surface area (Å²) in [6, 6.07) is -0.0508. The summed E-state index contributed by atoms with van der Waals surface area (Å²) in [4.78, 5) is 134. The number of imide groups is 1. The molecule has 5 aliphatic heterocycles. The second-order valence-corrected chi connectivity index (χ2v) is 28.2. The number of urea groups is 1. The van der Waals surface area contributed by atoms with Gasteiger partial charge in [0.15, 0.2) is 11.5 Å². The molecule has 9 atom stereocenters. The molecule has 0 spiro atoms. The second-order valence-electron chi connectivity index (χ2n) is 27.4. The standard InChI is InChI=1S/C71H82Cl2N10O17/c1-4-5-6-7-8-9-16-75-71(98)77-53(87)30-46-65(92)79-57-39-26-51(99-49-14-11-35(24-43(49)72)61(88)59(69(96)76-46)82-64(91)45(74)17-31(2)3)63(90)52(27-39)100-50-15-12-36(25-44(50)73)62(89)60-70(97)81-58(68(95)78-55-37-19-32-18-33(21-37)22-38(55)20-32)42-28-40(84)29-48(86)54(42)41-23-34(10-13-47(41)85)56(66(93)83-60)80-67(57)94/h10-15,23-29,31-33,37-38,45-46,55-62,84-86,88-90H,4-9,16-22,30,74H2,1-3H3,(H,76,96)(H,78,95)(H,79,92)(H,80,94)(H,81,97)(H,82,91)(H,83,93)(H2,75,77,87,98)/t32?,33?,37?,38?,45-,46+,55?,56-,57-,58+,59-,60+,61-,62-/m1/s1. The predicted molar refractivity (Wildman–Crippen MR) is 362 cm³/mol. The van der Waals surface area contributed by atoms with Crippen LogP contribution in [0.4, 0.5) is 4.79 Å². The number of unbranched alkanes of at least 4 members (excludes halogenated alkanes) is 5. The van der Waals surface area contributed by atoms with E-state index < -0.39 is 149 Å². The zero-order chi connectivity index (χ0) is 71.5. The Kier molecular flexibility index (Phi) is 22.0. The number of fused-ring (bicyclic) bond motifs is 15. The van der Waals surface area contributed by atoms with E-state index >= 15 is 24.0 Å².